The van der Waals surface area contributed by atoms with Crippen molar-refractivity contribution in [3.05, 3.63) is 52.8 Å². The lowest BCUT2D eigenvalue weighted by atomic mass is 10.1. The molecule has 0 bridgehead atoms. The Bertz CT molecular complexity index is 679. The minimum Gasteiger partial charge on any atom is -0.508 e. The molecule has 24 heavy (non-hydrogen) atoms. The zero-order valence-corrected chi connectivity index (χ0v) is 15.2. The molecule has 0 spiro atoms. The van der Waals surface area contributed by atoms with E-state index in [4.69, 9.17) is 11.6 Å². The van der Waals surface area contributed by atoms with E-state index in [1.165, 1.54) is 5.56 Å². The lowest BCUT2D eigenvalue weighted by Gasteiger charge is -2.22. The van der Waals surface area contributed by atoms with E-state index in [9.17, 15) is 5.11 Å². The number of nitrogens with zero attached hydrogens (tertiary/aromatic N) is 3. The van der Waals surface area contributed by atoms with Crippen LogP contribution in [0, 0.1) is 0 Å². The topological polar surface area (TPSA) is 52.8 Å². The molecular weight excluding hydrogens is 324 g/mol. The predicted octanol–water partition coefficient (Wildman–Crippen LogP) is 3.02. The monoisotopic (exact) mass is 348 g/mol. The van der Waals surface area contributed by atoms with Gasteiger partial charge in [0.05, 0.1) is 11.6 Å². The fourth-order valence-corrected chi connectivity index (χ4v) is 2.85. The summed E-state index contributed by atoms with van der Waals surface area (Å²) in [7, 11) is 5.79. The molecule has 0 aliphatic rings. The molecular formula is C18H25ClN4O. The van der Waals surface area contributed by atoms with E-state index in [0.29, 0.717) is 5.75 Å². The fraction of sp³-hybridized carbons (Fsp3) is 0.389. The summed E-state index contributed by atoms with van der Waals surface area (Å²) in [5.74, 6) is 1.16. The molecule has 1 heterocycles. The molecule has 2 N–H and O–H groups in total. The normalized spacial score (nSPS) is 11.6. The summed E-state index contributed by atoms with van der Waals surface area (Å²) < 4.78 is 2.02. The number of phenols is 1. The third kappa shape index (κ3) is 5.20. The number of hydrogen-bond acceptors (Lipinski definition) is 2. The Labute approximate surface area is 148 Å². The summed E-state index contributed by atoms with van der Waals surface area (Å²) in [6, 6.07) is 9.32. The van der Waals surface area contributed by atoms with Gasteiger partial charge in [0.2, 0.25) is 0 Å². The molecule has 6 heteroatoms. The summed E-state index contributed by atoms with van der Waals surface area (Å²) in [4.78, 5) is 6.41. The highest BCUT2D eigenvalue weighted by molar-refractivity contribution is 6.30. The Balaban J connectivity index is 1.79. The molecule has 0 saturated carbocycles. The van der Waals surface area contributed by atoms with Crippen molar-refractivity contribution in [1.29, 1.82) is 0 Å². The summed E-state index contributed by atoms with van der Waals surface area (Å²) >= 11 is 6.03. The highest BCUT2D eigenvalue weighted by Crippen LogP contribution is 2.14. The van der Waals surface area contributed by atoms with Gasteiger partial charge < -0.3 is 19.9 Å². The number of nitrogens with one attached hydrogen (secondary N) is 1. The van der Waals surface area contributed by atoms with Crippen molar-refractivity contribution in [3.63, 3.8) is 0 Å². The lowest BCUT2D eigenvalue weighted by molar-refractivity contribution is 0.461. The molecule has 0 aliphatic heterocycles. The minimum atomic E-state index is 0.305. The van der Waals surface area contributed by atoms with Gasteiger partial charge in [0.25, 0.3) is 0 Å². The van der Waals surface area contributed by atoms with Crippen LogP contribution in [0.25, 0.3) is 0 Å². The highest BCUT2D eigenvalue weighted by atomic mass is 35.5. The van der Waals surface area contributed by atoms with E-state index < -0.39 is 0 Å². The molecule has 1 aromatic heterocycles. The third-order valence-electron chi connectivity index (χ3n) is 3.91. The van der Waals surface area contributed by atoms with E-state index in [1.54, 1.807) is 19.2 Å². The second-order valence-corrected chi connectivity index (χ2v) is 6.30. The third-order valence-corrected chi connectivity index (χ3v) is 4.12. The Kier molecular flexibility index (Phi) is 6.55. The van der Waals surface area contributed by atoms with Gasteiger partial charge in [0.15, 0.2) is 5.96 Å². The zero-order valence-electron chi connectivity index (χ0n) is 14.5. The second-order valence-electron chi connectivity index (χ2n) is 5.86. The average molecular weight is 349 g/mol. The van der Waals surface area contributed by atoms with Crippen LogP contribution < -0.4 is 5.32 Å². The maximum Gasteiger partial charge on any atom is 0.193 e. The van der Waals surface area contributed by atoms with Crippen molar-refractivity contribution >= 4 is 17.6 Å². The number of aliphatic imine (C=N–C) groups is 1. The average Bonchev–Trinajstić information content (AvgIpc) is 2.86. The second kappa shape index (κ2) is 8.64. The molecule has 2 rings (SSSR count). The lowest BCUT2D eigenvalue weighted by Crippen LogP contribution is -2.39. The van der Waals surface area contributed by atoms with Crippen LogP contribution in [0.5, 0.6) is 5.75 Å². The van der Waals surface area contributed by atoms with E-state index in [0.717, 1.165) is 42.6 Å². The summed E-state index contributed by atoms with van der Waals surface area (Å²) in [5.41, 5.74) is 2.35. The molecule has 2 aromatic rings. The van der Waals surface area contributed by atoms with Crippen molar-refractivity contribution in [1.82, 2.24) is 14.8 Å². The van der Waals surface area contributed by atoms with Crippen LogP contribution in [-0.2, 0) is 20.0 Å². The standard InChI is InChI=1S/C18H25ClN4O/c1-20-18(23(3)13-16-11-15(19)12-22(16)2)21-10-4-5-14-6-8-17(24)9-7-14/h6-9,11-12,24H,4-5,10,13H2,1-3H3,(H,20,21). The molecule has 0 fully saturated rings. The number of halogens is 1. The maximum atomic E-state index is 9.29. The molecule has 0 aliphatic carbocycles. The fourth-order valence-electron chi connectivity index (χ4n) is 2.58. The highest BCUT2D eigenvalue weighted by Gasteiger charge is 2.09. The van der Waals surface area contributed by atoms with E-state index in [-0.39, 0.29) is 0 Å². The summed E-state index contributed by atoms with van der Waals surface area (Å²) in [6.45, 7) is 1.58. The molecule has 0 atom stereocenters. The number of guanidine groups is 1. The molecule has 0 radical (unpaired) electrons. The van der Waals surface area contributed by atoms with Gasteiger partial charge in [-0.05, 0) is 36.6 Å². The number of aryl methyl sites for hydroxylation is 2. The van der Waals surface area contributed by atoms with Crippen molar-refractivity contribution < 1.29 is 5.11 Å². The SMILES string of the molecule is CN=C(NCCCc1ccc(O)cc1)N(C)Cc1cc(Cl)cn1C. The van der Waals surface area contributed by atoms with Gasteiger partial charge in [-0.15, -0.1) is 0 Å². The van der Waals surface area contributed by atoms with E-state index >= 15 is 0 Å². The van der Waals surface area contributed by atoms with Crippen LogP contribution >= 0.6 is 11.6 Å². The van der Waals surface area contributed by atoms with Gasteiger partial charge >= 0.3 is 0 Å². The van der Waals surface area contributed by atoms with Gasteiger partial charge in [-0.3, -0.25) is 4.99 Å². The van der Waals surface area contributed by atoms with Gasteiger partial charge in [-0.2, -0.15) is 0 Å². The van der Waals surface area contributed by atoms with Crippen molar-refractivity contribution in [2.45, 2.75) is 19.4 Å². The molecule has 1 aromatic carbocycles. The molecule has 5 nitrogen and oxygen atoms in total. The maximum absolute atomic E-state index is 9.29. The molecule has 0 amide bonds. The quantitative estimate of drug-likeness (QED) is 0.479. The first-order valence-corrected chi connectivity index (χ1v) is 8.38. The predicted molar refractivity (Wildman–Crippen MR) is 99.7 cm³/mol. The number of phenolic OH excluding ortho intramolecular Hbond substituents is 1. The van der Waals surface area contributed by atoms with Crippen LogP contribution in [0.2, 0.25) is 5.02 Å². The first kappa shape index (κ1) is 18.2. The Morgan fingerprint density at radius 3 is 2.62 bits per heavy atom. The van der Waals surface area contributed by atoms with E-state index in [2.05, 4.69) is 15.2 Å². The van der Waals surface area contributed by atoms with Crippen molar-refractivity contribution in [3.8, 4) is 5.75 Å². The molecule has 0 unspecified atom stereocenters. The van der Waals surface area contributed by atoms with Gasteiger partial charge in [0.1, 0.15) is 5.75 Å². The summed E-state index contributed by atoms with van der Waals surface area (Å²) in [6.07, 6.45) is 3.85. The number of rotatable bonds is 6. The zero-order chi connectivity index (χ0) is 17.5. The number of benzene rings is 1. The number of aromatic nitrogens is 1. The largest absolute Gasteiger partial charge is 0.508 e. The Morgan fingerprint density at radius 1 is 1.33 bits per heavy atom. The summed E-state index contributed by atoms with van der Waals surface area (Å²) in [5, 5.41) is 13.4. The van der Waals surface area contributed by atoms with Gasteiger partial charge in [0, 0.05) is 39.6 Å². The van der Waals surface area contributed by atoms with Crippen LogP contribution in [0.4, 0.5) is 0 Å². The Morgan fingerprint density at radius 2 is 2.04 bits per heavy atom. The first-order chi connectivity index (χ1) is 11.5. The van der Waals surface area contributed by atoms with Crippen molar-refractivity contribution in [2.24, 2.45) is 12.0 Å². The Hall–Kier alpha value is -2.14. The van der Waals surface area contributed by atoms with Crippen LogP contribution in [-0.4, -0.2) is 41.2 Å². The number of hydrogen-bond donors (Lipinski definition) is 2. The van der Waals surface area contributed by atoms with Crippen LogP contribution in [0.15, 0.2) is 41.5 Å². The number of aromatic hydroxyl groups is 1. The minimum absolute atomic E-state index is 0.305. The molecule has 130 valence electrons. The van der Waals surface area contributed by atoms with Gasteiger partial charge in [-0.1, -0.05) is 23.7 Å². The molecule has 0 saturated heterocycles. The van der Waals surface area contributed by atoms with Gasteiger partial charge in [-0.25, -0.2) is 0 Å². The van der Waals surface area contributed by atoms with Crippen LogP contribution in [0.3, 0.4) is 0 Å². The van der Waals surface area contributed by atoms with E-state index in [1.807, 2.05) is 43.1 Å². The van der Waals surface area contributed by atoms with Crippen molar-refractivity contribution in [2.75, 3.05) is 20.6 Å². The smallest absolute Gasteiger partial charge is 0.193 e. The first-order valence-electron chi connectivity index (χ1n) is 8.00. The van der Waals surface area contributed by atoms with Crippen LogP contribution in [0.1, 0.15) is 17.7 Å².